The van der Waals surface area contributed by atoms with E-state index in [2.05, 4.69) is 36.4 Å². The van der Waals surface area contributed by atoms with E-state index in [-0.39, 0.29) is 6.61 Å². The molecule has 0 aliphatic heterocycles. The van der Waals surface area contributed by atoms with Crippen LogP contribution in [0.1, 0.15) is 0 Å². The summed E-state index contributed by atoms with van der Waals surface area (Å²) in [4.78, 5) is 10.8. The zero-order valence-electron chi connectivity index (χ0n) is 13.8. The van der Waals surface area contributed by atoms with Crippen molar-refractivity contribution in [2.45, 2.75) is 6.04 Å². The largest absolute Gasteiger partial charge is 0.549 e. The van der Waals surface area contributed by atoms with Gasteiger partial charge in [0.2, 0.25) is 0 Å². The summed E-state index contributed by atoms with van der Waals surface area (Å²) in [5.74, 6) is 0. The smallest absolute Gasteiger partial charge is 0.432 e. The molecule has 0 spiro atoms. The van der Waals surface area contributed by atoms with Crippen LogP contribution in [0, 0.1) is 0 Å². The molecule has 4 heteroatoms. The fraction of sp³-hybridized carbons (Fsp3) is 0.0952. The maximum absolute atomic E-state index is 10.8. The minimum absolute atomic E-state index is 0.118. The van der Waals surface area contributed by atoms with Crippen molar-refractivity contribution < 1.29 is 14.6 Å². The van der Waals surface area contributed by atoms with E-state index in [1.54, 1.807) is 0 Å². The van der Waals surface area contributed by atoms with Crippen LogP contribution in [0.25, 0.3) is 0 Å². The Bertz CT molecular complexity index is 708. The summed E-state index contributed by atoms with van der Waals surface area (Å²) in [6.45, 7) is 0.118. The molecule has 3 aromatic rings. The van der Waals surface area contributed by atoms with Crippen LogP contribution in [0.5, 0.6) is 0 Å². The van der Waals surface area contributed by atoms with Crippen molar-refractivity contribution in [1.29, 1.82) is 0 Å². The van der Waals surface area contributed by atoms with Crippen molar-refractivity contribution in [2.24, 2.45) is 0 Å². The summed E-state index contributed by atoms with van der Waals surface area (Å²) in [7, 11) is -2.41. The first kappa shape index (κ1) is 17.0. The molecule has 3 rings (SSSR count). The van der Waals surface area contributed by atoms with Gasteiger partial charge in [-0.1, -0.05) is 91.0 Å². The summed E-state index contributed by atoms with van der Waals surface area (Å²) in [6.07, 6.45) is -1.47. The van der Waals surface area contributed by atoms with Crippen LogP contribution < -0.4 is 15.6 Å². The third kappa shape index (κ3) is 3.64. The molecule has 3 nitrogen and oxygen atoms in total. The van der Waals surface area contributed by atoms with E-state index >= 15 is 0 Å². The van der Waals surface area contributed by atoms with Gasteiger partial charge in [0.1, 0.15) is 0 Å². The maximum atomic E-state index is 10.8. The number of hydrogen-bond donors (Lipinski definition) is 0. The van der Waals surface area contributed by atoms with E-state index in [4.69, 9.17) is 4.74 Å². The first-order valence-corrected chi connectivity index (χ1v) is 10.4. The summed E-state index contributed by atoms with van der Waals surface area (Å²) in [5.41, 5.74) is 0. The number of carbonyl (C=O) groups excluding carboxylic acids is 1. The van der Waals surface area contributed by atoms with E-state index in [9.17, 15) is 9.90 Å². The molecule has 0 amide bonds. The Morgan fingerprint density at radius 1 is 0.680 bits per heavy atom. The zero-order chi connectivity index (χ0) is 17.5. The van der Waals surface area contributed by atoms with Crippen LogP contribution in [-0.2, 0) is 9.84 Å². The Hall–Kier alpha value is -2.85. The highest BCUT2D eigenvalue weighted by atomic mass is 28.3. The van der Waals surface area contributed by atoms with Crippen LogP contribution >= 0.6 is 0 Å². The van der Waals surface area contributed by atoms with E-state index in [1.165, 1.54) is 15.6 Å². The number of hydrogen-bond acceptors (Lipinski definition) is 2. The van der Waals surface area contributed by atoms with Gasteiger partial charge in [-0.2, -0.15) is 9.90 Å². The molecule has 0 unspecified atom stereocenters. The quantitative estimate of drug-likeness (QED) is 0.391. The Morgan fingerprint density at radius 3 is 1.36 bits per heavy atom. The normalized spacial score (nSPS) is 11.0. The van der Waals surface area contributed by atoms with Gasteiger partial charge in [0.25, 0.3) is 0 Å². The van der Waals surface area contributed by atoms with Crippen LogP contribution in [0.4, 0.5) is 4.79 Å². The number of carbonyl (C=O) groups is 1. The van der Waals surface area contributed by atoms with Gasteiger partial charge in [0, 0.05) is 0 Å². The van der Waals surface area contributed by atoms with Gasteiger partial charge in [0.15, 0.2) is 8.07 Å². The minimum Gasteiger partial charge on any atom is -0.432 e. The van der Waals surface area contributed by atoms with Crippen LogP contribution in [-0.4, -0.2) is 20.8 Å². The van der Waals surface area contributed by atoms with Crippen LogP contribution in [0.15, 0.2) is 91.0 Å². The van der Waals surface area contributed by atoms with Crippen molar-refractivity contribution in [1.82, 2.24) is 0 Å². The number of ether oxygens (including phenoxy) is 1. The lowest BCUT2D eigenvalue weighted by molar-refractivity contribution is 0.0720. The van der Waals surface area contributed by atoms with Crippen molar-refractivity contribution in [2.75, 3.05) is 6.61 Å². The molecule has 3 aromatic carbocycles. The second-order valence-corrected chi connectivity index (χ2v) is 9.89. The molecule has 0 aliphatic carbocycles. The summed E-state index contributed by atoms with van der Waals surface area (Å²) in [5, 5.41) is 14.5. The van der Waals surface area contributed by atoms with Crippen molar-refractivity contribution in [3.8, 4) is 0 Å². The van der Waals surface area contributed by atoms with Crippen LogP contribution in [0.3, 0.4) is 0 Å². The zero-order valence-corrected chi connectivity index (χ0v) is 14.8. The monoisotopic (exact) mass is 347 g/mol. The lowest BCUT2D eigenvalue weighted by Gasteiger charge is -2.33. The van der Waals surface area contributed by atoms with Gasteiger partial charge in [0.05, 0.1) is 6.61 Å². The van der Waals surface area contributed by atoms with Crippen molar-refractivity contribution >= 4 is 29.8 Å². The molecule has 1 radical (unpaired) electrons. The molecule has 0 heterocycles. The highest BCUT2D eigenvalue weighted by molar-refractivity contribution is 7.11. The molecule has 0 aromatic heterocycles. The molecule has 0 saturated carbocycles. The standard InChI is InChI=1S/C21H19O3Si/c22-21(23)24-16-17-25(18-10-4-1-5-11-18,19-12-6-2-7-13-19)20-14-8-3-9-15-20/h1-15H,16-17H2. The van der Waals surface area contributed by atoms with Gasteiger partial charge in [-0.05, 0) is 21.6 Å². The molecule has 0 fully saturated rings. The fourth-order valence-electron chi connectivity index (χ4n) is 3.39. The molecule has 0 N–H and O–H groups in total. The van der Waals surface area contributed by atoms with E-state index < -0.39 is 14.2 Å². The number of rotatable bonds is 6. The average Bonchev–Trinajstić information content (AvgIpc) is 2.67. The van der Waals surface area contributed by atoms with Gasteiger partial charge in [-0.25, -0.2) is 0 Å². The van der Waals surface area contributed by atoms with Gasteiger partial charge in [-0.3, -0.25) is 0 Å². The predicted octanol–water partition coefficient (Wildman–Crippen LogP) is 2.72. The van der Waals surface area contributed by atoms with Crippen LogP contribution in [0.2, 0.25) is 6.04 Å². The lowest BCUT2D eigenvalue weighted by atomic mass is 10.3. The van der Waals surface area contributed by atoms with Gasteiger partial charge >= 0.3 is 6.16 Å². The summed E-state index contributed by atoms with van der Waals surface area (Å²) < 4.78 is 4.80. The van der Waals surface area contributed by atoms with E-state index in [0.29, 0.717) is 6.04 Å². The van der Waals surface area contributed by atoms with Crippen molar-refractivity contribution in [3.63, 3.8) is 0 Å². The van der Waals surface area contributed by atoms with Gasteiger partial charge in [-0.15, -0.1) is 0 Å². The third-order valence-corrected chi connectivity index (χ3v) is 9.41. The first-order chi connectivity index (χ1) is 12.2. The Morgan fingerprint density at radius 2 is 1.04 bits per heavy atom. The SMILES string of the molecule is [O]C(=O)OCC[Si](c1ccccc1)(c1ccccc1)c1ccccc1. The molecule has 0 saturated heterocycles. The molecule has 125 valence electrons. The molecule has 0 aliphatic rings. The number of benzene rings is 3. The minimum atomic E-state index is -2.41. The second kappa shape index (κ2) is 7.81. The molecular weight excluding hydrogens is 328 g/mol. The topological polar surface area (TPSA) is 46.2 Å². The third-order valence-electron chi connectivity index (χ3n) is 4.50. The predicted molar refractivity (Wildman–Crippen MR) is 101 cm³/mol. The Kier molecular flexibility index (Phi) is 5.31. The Balaban J connectivity index is 2.18. The fourth-order valence-corrected chi connectivity index (χ4v) is 7.95. The second-order valence-electron chi connectivity index (χ2n) is 5.85. The van der Waals surface area contributed by atoms with E-state index in [1.807, 2.05) is 54.6 Å². The average molecular weight is 347 g/mol. The maximum Gasteiger partial charge on any atom is 0.549 e. The molecule has 25 heavy (non-hydrogen) atoms. The van der Waals surface area contributed by atoms with Crippen molar-refractivity contribution in [3.05, 3.63) is 91.0 Å². The highest BCUT2D eigenvalue weighted by Crippen LogP contribution is 2.13. The molecular formula is C21H19O3Si. The van der Waals surface area contributed by atoms with Gasteiger partial charge < -0.3 is 4.74 Å². The lowest BCUT2D eigenvalue weighted by Crippen LogP contribution is -2.67. The highest BCUT2D eigenvalue weighted by Gasteiger charge is 2.39. The van der Waals surface area contributed by atoms with E-state index in [0.717, 1.165) is 0 Å². The summed E-state index contributed by atoms with van der Waals surface area (Å²) in [6, 6.07) is 31.6. The molecule has 0 bridgehead atoms. The molecule has 0 atom stereocenters. The first-order valence-electron chi connectivity index (χ1n) is 8.24. The summed E-state index contributed by atoms with van der Waals surface area (Å²) >= 11 is 0. The Labute approximate surface area is 148 Å².